The van der Waals surface area contributed by atoms with E-state index in [0.717, 1.165) is 0 Å². The number of pyridine rings is 1. The number of fused-ring (bicyclic) bond motifs is 1. The molecule has 0 radical (unpaired) electrons. The molecule has 0 bridgehead atoms. The zero-order chi connectivity index (χ0) is 16.5. The summed E-state index contributed by atoms with van der Waals surface area (Å²) in [6.07, 6.45) is 3.11. The van der Waals surface area contributed by atoms with Crippen molar-refractivity contribution in [2.24, 2.45) is 0 Å². The molecule has 0 aliphatic rings. The van der Waals surface area contributed by atoms with Crippen molar-refractivity contribution in [2.45, 2.75) is 0 Å². The molecule has 0 aliphatic carbocycles. The van der Waals surface area contributed by atoms with E-state index in [9.17, 15) is 4.39 Å². The molecule has 4 rings (SSSR count). The highest BCUT2D eigenvalue weighted by Gasteiger charge is 2.11. The molecule has 118 valence electrons. The maximum absolute atomic E-state index is 13.4. The monoisotopic (exact) mass is 341 g/mol. The molecular weight excluding hydrogens is 333 g/mol. The van der Waals surface area contributed by atoms with E-state index in [0.29, 0.717) is 33.6 Å². The number of halogens is 2. The molecule has 0 saturated carbocycles. The van der Waals surface area contributed by atoms with Gasteiger partial charge in [0, 0.05) is 0 Å². The lowest BCUT2D eigenvalue weighted by molar-refractivity contribution is 0.625. The normalized spacial score (nSPS) is 10.9. The van der Waals surface area contributed by atoms with Crippen molar-refractivity contribution < 1.29 is 4.39 Å². The number of aromatic nitrogens is 6. The van der Waals surface area contributed by atoms with Crippen LogP contribution >= 0.6 is 11.6 Å². The van der Waals surface area contributed by atoms with E-state index >= 15 is 0 Å². The maximum atomic E-state index is 13.4. The molecule has 4 aromatic rings. The Hall–Kier alpha value is -3.13. The SMILES string of the molecule is Fc1cccc(-n2nnc3cnc(Nc4ccc(Cl)nc4)nc32)c1. The van der Waals surface area contributed by atoms with Gasteiger partial charge < -0.3 is 5.32 Å². The van der Waals surface area contributed by atoms with E-state index in [2.05, 4.69) is 30.6 Å². The molecule has 3 aromatic heterocycles. The molecule has 0 spiro atoms. The van der Waals surface area contributed by atoms with Gasteiger partial charge in [-0.1, -0.05) is 22.9 Å². The molecule has 24 heavy (non-hydrogen) atoms. The van der Waals surface area contributed by atoms with E-state index in [4.69, 9.17) is 11.6 Å². The van der Waals surface area contributed by atoms with Gasteiger partial charge in [-0.25, -0.2) is 14.4 Å². The van der Waals surface area contributed by atoms with Gasteiger partial charge >= 0.3 is 0 Å². The minimum Gasteiger partial charge on any atom is -0.323 e. The lowest BCUT2D eigenvalue weighted by Crippen LogP contribution is -2.01. The van der Waals surface area contributed by atoms with Crippen LogP contribution < -0.4 is 5.32 Å². The molecule has 1 aromatic carbocycles. The van der Waals surface area contributed by atoms with Crippen molar-refractivity contribution in [3.8, 4) is 5.69 Å². The first-order valence-corrected chi connectivity index (χ1v) is 7.30. The van der Waals surface area contributed by atoms with Crippen molar-refractivity contribution in [1.82, 2.24) is 29.9 Å². The van der Waals surface area contributed by atoms with E-state index in [-0.39, 0.29) is 5.82 Å². The molecule has 1 N–H and O–H groups in total. The molecule has 0 atom stereocenters. The predicted molar refractivity (Wildman–Crippen MR) is 86.9 cm³/mol. The van der Waals surface area contributed by atoms with E-state index in [1.54, 1.807) is 30.5 Å². The Bertz CT molecular complexity index is 1020. The lowest BCUT2D eigenvalue weighted by Gasteiger charge is -2.05. The van der Waals surface area contributed by atoms with Gasteiger partial charge in [0.25, 0.3) is 0 Å². The summed E-state index contributed by atoms with van der Waals surface area (Å²) >= 11 is 5.76. The number of hydrogen-bond acceptors (Lipinski definition) is 6. The first-order chi connectivity index (χ1) is 11.7. The molecule has 9 heteroatoms. The molecule has 0 saturated heterocycles. The summed E-state index contributed by atoms with van der Waals surface area (Å²) in [7, 11) is 0. The summed E-state index contributed by atoms with van der Waals surface area (Å²) in [5.41, 5.74) is 2.16. The van der Waals surface area contributed by atoms with Gasteiger partial charge in [0.2, 0.25) is 5.95 Å². The Morgan fingerprint density at radius 2 is 2.00 bits per heavy atom. The van der Waals surface area contributed by atoms with Gasteiger partial charge in [-0.2, -0.15) is 9.67 Å². The second kappa shape index (κ2) is 5.82. The molecule has 0 aliphatic heterocycles. The fourth-order valence-electron chi connectivity index (χ4n) is 2.15. The number of hydrogen-bond donors (Lipinski definition) is 1. The number of nitrogens with one attached hydrogen (secondary N) is 1. The van der Waals surface area contributed by atoms with Crippen molar-refractivity contribution in [3.63, 3.8) is 0 Å². The summed E-state index contributed by atoms with van der Waals surface area (Å²) < 4.78 is 14.9. The van der Waals surface area contributed by atoms with Crippen LogP contribution in [0.4, 0.5) is 16.0 Å². The van der Waals surface area contributed by atoms with E-state index in [1.807, 2.05) is 0 Å². The number of anilines is 2. The van der Waals surface area contributed by atoms with Gasteiger partial charge in [-0.05, 0) is 30.3 Å². The Balaban J connectivity index is 1.74. The fourth-order valence-corrected chi connectivity index (χ4v) is 2.26. The van der Waals surface area contributed by atoms with Crippen LogP contribution in [0.1, 0.15) is 0 Å². The largest absolute Gasteiger partial charge is 0.323 e. The van der Waals surface area contributed by atoms with Crippen LogP contribution in [0.5, 0.6) is 0 Å². The minimum absolute atomic E-state index is 0.339. The van der Waals surface area contributed by atoms with Crippen LogP contribution in [-0.4, -0.2) is 29.9 Å². The Kier molecular flexibility index (Phi) is 3.51. The Labute approximate surface area is 140 Å². The van der Waals surface area contributed by atoms with Crippen LogP contribution in [-0.2, 0) is 0 Å². The van der Waals surface area contributed by atoms with Crippen molar-refractivity contribution in [2.75, 3.05) is 5.32 Å². The highest BCUT2D eigenvalue weighted by atomic mass is 35.5. The molecule has 0 unspecified atom stereocenters. The molecule has 7 nitrogen and oxygen atoms in total. The average molecular weight is 342 g/mol. The zero-order valence-electron chi connectivity index (χ0n) is 12.1. The van der Waals surface area contributed by atoms with Gasteiger partial charge in [0.15, 0.2) is 11.2 Å². The minimum atomic E-state index is -0.365. The third-order valence-electron chi connectivity index (χ3n) is 3.23. The molecule has 0 fully saturated rings. The summed E-state index contributed by atoms with van der Waals surface area (Å²) in [6.45, 7) is 0. The molecule has 0 amide bonds. The summed E-state index contributed by atoms with van der Waals surface area (Å²) in [6, 6.07) is 9.43. The highest BCUT2D eigenvalue weighted by molar-refractivity contribution is 6.29. The second-order valence-electron chi connectivity index (χ2n) is 4.88. The number of nitrogens with zero attached hydrogens (tertiary/aromatic N) is 6. The van der Waals surface area contributed by atoms with Gasteiger partial charge in [-0.15, -0.1) is 5.10 Å². The van der Waals surface area contributed by atoms with E-state index < -0.39 is 0 Å². The van der Waals surface area contributed by atoms with Crippen molar-refractivity contribution in [1.29, 1.82) is 0 Å². The molecular formula is C15H9ClFN7. The van der Waals surface area contributed by atoms with Crippen LogP contribution in [0.15, 0.2) is 48.8 Å². The van der Waals surface area contributed by atoms with Crippen molar-refractivity contribution >= 4 is 34.4 Å². The highest BCUT2D eigenvalue weighted by Crippen LogP contribution is 2.18. The molecule has 3 heterocycles. The van der Waals surface area contributed by atoms with Crippen LogP contribution in [0.2, 0.25) is 5.15 Å². The van der Waals surface area contributed by atoms with Gasteiger partial charge in [0.05, 0.1) is 23.8 Å². The topological polar surface area (TPSA) is 81.4 Å². The smallest absolute Gasteiger partial charge is 0.229 e. The first kappa shape index (κ1) is 14.5. The average Bonchev–Trinajstić information content (AvgIpc) is 3.00. The summed E-state index contributed by atoms with van der Waals surface area (Å²) in [5, 5.41) is 11.4. The van der Waals surface area contributed by atoms with Crippen LogP contribution in [0, 0.1) is 5.82 Å². The maximum Gasteiger partial charge on any atom is 0.229 e. The van der Waals surface area contributed by atoms with Gasteiger partial charge in [-0.3, -0.25) is 0 Å². The first-order valence-electron chi connectivity index (χ1n) is 6.92. The summed E-state index contributed by atoms with van der Waals surface area (Å²) in [4.78, 5) is 12.5. The van der Waals surface area contributed by atoms with Crippen LogP contribution in [0.3, 0.4) is 0 Å². The standard InChI is InChI=1S/C15H9ClFN7/c16-13-5-4-10(7-18-13)20-15-19-8-12-14(21-15)24(23-22-12)11-3-1-2-9(17)6-11/h1-8H,(H,19,20,21). The van der Waals surface area contributed by atoms with Gasteiger partial charge in [0.1, 0.15) is 11.0 Å². The predicted octanol–water partition coefficient (Wildman–Crippen LogP) is 3.14. The Morgan fingerprint density at radius 1 is 1.08 bits per heavy atom. The zero-order valence-corrected chi connectivity index (χ0v) is 12.8. The number of benzene rings is 1. The lowest BCUT2D eigenvalue weighted by atomic mass is 10.3. The second-order valence-corrected chi connectivity index (χ2v) is 5.27. The van der Waals surface area contributed by atoms with E-state index in [1.165, 1.54) is 23.0 Å². The summed E-state index contributed by atoms with van der Waals surface area (Å²) in [5.74, 6) is -0.0256. The van der Waals surface area contributed by atoms with Crippen LogP contribution in [0.25, 0.3) is 16.9 Å². The fraction of sp³-hybridized carbons (Fsp3) is 0. The third-order valence-corrected chi connectivity index (χ3v) is 3.45. The van der Waals surface area contributed by atoms with Crippen molar-refractivity contribution in [3.05, 3.63) is 59.8 Å². The third kappa shape index (κ3) is 2.74. The Morgan fingerprint density at radius 3 is 2.79 bits per heavy atom. The quantitative estimate of drug-likeness (QED) is 0.576. The number of rotatable bonds is 3.